The summed E-state index contributed by atoms with van der Waals surface area (Å²) < 4.78 is 14.7. The van der Waals surface area contributed by atoms with Gasteiger partial charge in [0.1, 0.15) is 5.82 Å². The van der Waals surface area contributed by atoms with E-state index in [1.165, 1.54) is 16.8 Å². The monoisotopic (exact) mass is 221 g/mol. The van der Waals surface area contributed by atoms with Gasteiger partial charge in [-0.25, -0.2) is 9.07 Å². The molecule has 1 aromatic carbocycles. The van der Waals surface area contributed by atoms with Gasteiger partial charge in [0.25, 0.3) is 0 Å². The topological polar surface area (TPSA) is 50.9 Å². The predicted molar refractivity (Wildman–Crippen MR) is 56.8 cm³/mol. The van der Waals surface area contributed by atoms with Crippen molar-refractivity contribution >= 4 is 0 Å². The van der Waals surface area contributed by atoms with Crippen LogP contribution in [0.15, 0.2) is 24.4 Å². The molecule has 0 atom stereocenters. The average Bonchev–Trinajstić information content (AvgIpc) is 2.65. The molecule has 0 fully saturated rings. The van der Waals surface area contributed by atoms with Crippen LogP contribution in [0.25, 0.3) is 5.69 Å². The lowest BCUT2D eigenvalue weighted by atomic mass is 10.2. The van der Waals surface area contributed by atoms with E-state index in [1.807, 2.05) is 13.0 Å². The predicted octanol–water partition coefficient (Wildman–Crippen LogP) is 1.25. The summed E-state index contributed by atoms with van der Waals surface area (Å²) in [6, 6.07) is 4.67. The highest BCUT2D eigenvalue weighted by atomic mass is 19.1. The highest BCUT2D eigenvalue weighted by Gasteiger charge is 2.04. The average molecular weight is 221 g/mol. The standard InChI is InChI=1S/C11H12FN3O/c1-8-4-9(12)6-11(5-8)15-7-10(2-3-16)13-14-15/h4-7,16H,2-3H2,1H3. The minimum atomic E-state index is -0.297. The molecule has 2 aromatic rings. The summed E-state index contributed by atoms with van der Waals surface area (Å²) >= 11 is 0. The molecule has 4 nitrogen and oxygen atoms in total. The molecular formula is C11H12FN3O. The molecule has 84 valence electrons. The van der Waals surface area contributed by atoms with Gasteiger partial charge in [-0.2, -0.15) is 0 Å². The van der Waals surface area contributed by atoms with Crippen molar-refractivity contribution in [2.24, 2.45) is 0 Å². The van der Waals surface area contributed by atoms with Crippen molar-refractivity contribution in [2.45, 2.75) is 13.3 Å². The lowest BCUT2D eigenvalue weighted by molar-refractivity contribution is 0.298. The minimum absolute atomic E-state index is 0.0286. The number of nitrogens with zero attached hydrogens (tertiary/aromatic N) is 3. The molecule has 1 heterocycles. The Morgan fingerprint density at radius 3 is 2.88 bits per heavy atom. The van der Waals surface area contributed by atoms with Crippen LogP contribution in [0.3, 0.4) is 0 Å². The van der Waals surface area contributed by atoms with Crippen LogP contribution in [0, 0.1) is 12.7 Å². The molecule has 5 heteroatoms. The smallest absolute Gasteiger partial charge is 0.125 e. The van der Waals surface area contributed by atoms with Crippen LogP contribution in [-0.2, 0) is 6.42 Å². The second-order valence-corrected chi connectivity index (χ2v) is 3.61. The van der Waals surface area contributed by atoms with Crippen molar-refractivity contribution in [3.05, 3.63) is 41.5 Å². The van der Waals surface area contributed by atoms with Crippen molar-refractivity contribution in [3.8, 4) is 5.69 Å². The Morgan fingerprint density at radius 1 is 1.38 bits per heavy atom. The van der Waals surface area contributed by atoms with E-state index in [2.05, 4.69) is 10.3 Å². The van der Waals surface area contributed by atoms with Crippen LogP contribution in [0.4, 0.5) is 4.39 Å². The van der Waals surface area contributed by atoms with Crippen LogP contribution in [-0.4, -0.2) is 26.7 Å². The Balaban J connectivity index is 2.34. The Labute approximate surface area is 92.3 Å². The molecule has 1 aromatic heterocycles. The number of aliphatic hydroxyl groups is 1. The molecule has 1 N–H and O–H groups in total. The van der Waals surface area contributed by atoms with Crippen LogP contribution in [0.2, 0.25) is 0 Å². The highest BCUT2D eigenvalue weighted by molar-refractivity contribution is 5.35. The second-order valence-electron chi connectivity index (χ2n) is 3.61. The largest absolute Gasteiger partial charge is 0.396 e. The van der Waals surface area contributed by atoms with E-state index < -0.39 is 0 Å². The van der Waals surface area contributed by atoms with Crippen molar-refractivity contribution in [1.29, 1.82) is 0 Å². The Morgan fingerprint density at radius 2 is 2.19 bits per heavy atom. The van der Waals surface area contributed by atoms with Gasteiger partial charge in [-0.3, -0.25) is 0 Å². The molecule has 0 bridgehead atoms. The first-order valence-corrected chi connectivity index (χ1v) is 4.98. The van der Waals surface area contributed by atoms with Gasteiger partial charge in [0, 0.05) is 13.0 Å². The van der Waals surface area contributed by atoms with E-state index in [0.29, 0.717) is 17.8 Å². The zero-order valence-corrected chi connectivity index (χ0v) is 8.89. The van der Waals surface area contributed by atoms with E-state index in [4.69, 9.17) is 5.11 Å². The first kappa shape index (κ1) is 10.8. The van der Waals surface area contributed by atoms with Crippen LogP contribution in [0.5, 0.6) is 0 Å². The summed E-state index contributed by atoms with van der Waals surface area (Å²) in [5.41, 5.74) is 2.15. The number of aliphatic hydroxyl groups excluding tert-OH is 1. The summed E-state index contributed by atoms with van der Waals surface area (Å²) in [6.45, 7) is 1.85. The fourth-order valence-corrected chi connectivity index (χ4v) is 1.50. The van der Waals surface area contributed by atoms with Crippen molar-refractivity contribution in [2.75, 3.05) is 6.61 Å². The normalized spacial score (nSPS) is 10.7. The summed E-state index contributed by atoms with van der Waals surface area (Å²) in [5, 5.41) is 16.5. The summed E-state index contributed by atoms with van der Waals surface area (Å²) in [7, 11) is 0. The molecule has 16 heavy (non-hydrogen) atoms. The third-order valence-electron chi connectivity index (χ3n) is 2.20. The van der Waals surface area contributed by atoms with E-state index >= 15 is 0 Å². The lowest BCUT2D eigenvalue weighted by Gasteiger charge is -2.01. The number of rotatable bonds is 3. The fourth-order valence-electron chi connectivity index (χ4n) is 1.50. The minimum Gasteiger partial charge on any atom is -0.396 e. The van der Waals surface area contributed by atoms with Crippen LogP contribution < -0.4 is 0 Å². The zero-order chi connectivity index (χ0) is 11.5. The summed E-state index contributed by atoms with van der Waals surface area (Å²) in [4.78, 5) is 0. The third kappa shape index (κ3) is 2.25. The molecular weight excluding hydrogens is 209 g/mol. The maximum Gasteiger partial charge on any atom is 0.125 e. The van der Waals surface area contributed by atoms with Gasteiger partial charge in [-0.15, -0.1) is 5.10 Å². The number of benzene rings is 1. The third-order valence-corrected chi connectivity index (χ3v) is 2.20. The molecule has 0 saturated carbocycles. The molecule has 0 amide bonds. The van der Waals surface area contributed by atoms with Crippen LogP contribution in [0.1, 0.15) is 11.3 Å². The Bertz CT molecular complexity index is 475. The second kappa shape index (κ2) is 4.40. The summed E-state index contributed by atoms with van der Waals surface area (Å²) in [5.74, 6) is -0.297. The zero-order valence-electron chi connectivity index (χ0n) is 8.89. The van der Waals surface area contributed by atoms with E-state index in [1.54, 1.807) is 6.20 Å². The first-order chi connectivity index (χ1) is 7.69. The molecule has 0 radical (unpaired) electrons. The maximum atomic E-state index is 13.2. The van der Waals surface area contributed by atoms with Gasteiger partial charge in [0.05, 0.1) is 17.6 Å². The number of aryl methyl sites for hydroxylation is 1. The molecule has 0 aliphatic carbocycles. The Kier molecular flexibility index (Phi) is 2.96. The quantitative estimate of drug-likeness (QED) is 0.848. The molecule has 0 saturated heterocycles. The number of hydrogen-bond acceptors (Lipinski definition) is 3. The lowest BCUT2D eigenvalue weighted by Crippen LogP contribution is -1.96. The molecule has 0 unspecified atom stereocenters. The van der Waals surface area contributed by atoms with Crippen LogP contribution >= 0.6 is 0 Å². The SMILES string of the molecule is Cc1cc(F)cc(-n2cc(CCO)nn2)c1. The Hall–Kier alpha value is -1.75. The van der Waals surface area contributed by atoms with E-state index in [0.717, 1.165) is 5.56 Å². The van der Waals surface area contributed by atoms with E-state index in [9.17, 15) is 4.39 Å². The van der Waals surface area contributed by atoms with E-state index in [-0.39, 0.29) is 12.4 Å². The molecule has 0 spiro atoms. The number of aromatic nitrogens is 3. The highest BCUT2D eigenvalue weighted by Crippen LogP contribution is 2.12. The molecule has 0 aliphatic rings. The van der Waals surface area contributed by atoms with Gasteiger partial charge >= 0.3 is 0 Å². The van der Waals surface area contributed by atoms with Gasteiger partial charge in [-0.05, 0) is 30.7 Å². The first-order valence-electron chi connectivity index (χ1n) is 4.98. The maximum absolute atomic E-state index is 13.2. The number of halogens is 1. The number of hydrogen-bond donors (Lipinski definition) is 1. The molecule has 0 aliphatic heterocycles. The molecule has 2 rings (SSSR count). The fraction of sp³-hybridized carbons (Fsp3) is 0.273. The van der Waals surface area contributed by atoms with Gasteiger partial charge < -0.3 is 5.11 Å². The van der Waals surface area contributed by atoms with Gasteiger partial charge in [-0.1, -0.05) is 5.21 Å². The van der Waals surface area contributed by atoms with Crippen molar-refractivity contribution in [3.63, 3.8) is 0 Å². The van der Waals surface area contributed by atoms with Crippen molar-refractivity contribution in [1.82, 2.24) is 15.0 Å². The van der Waals surface area contributed by atoms with Crippen molar-refractivity contribution < 1.29 is 9.50 Å². The summed E-state index contributed by atoms with van der Waals surface area (Å²) in [6.07, 6.45) is 2.14. The van der Waals surface area contributed by atoms with Gasteiger partial charge in [0.15, 0.2) is 0 Å². The van der Waals surface area contributed by atoms with Gasteiger partial charge in [0.2, 0.25) is 0 Å².